The van der Waals surface area contributed by atoms with E-state index >= 15 is 0 Å². The topological polar surface area (TPSA) is 43.1 Å². The van der Waals surface area contributed by atoms with Gasteiger partial charge in [0, 0.05) is 27.6 Å². The molecule has 0 aliphatic heterocycles. The Morgan fingerprint density at radius 1 is 0.370 bits per heavy atom. The minimum absolute atomic E-state index is 0.642. The van der Waals surface area contributed by atoms with E-state index in [1.165, 1.54) is 37.1 Å². The standard InChI is InChI=1S/C49H30N4S/c1-3-18-37-32(12-1)14-10-21-39(37)47-50-46(51-48(52-47)40-22-11-15-33-13-2-4-19-38(33)40)34-28-26-31(27-29-34)35-16-9-17-36(30-35)45-41-20-5-6-23-42(41)53-43-24-7-8-25-44(43)54-49(45)53/h1-30H. The summed E-state index contributed by atoms with van der Waals surface area (Å²) in [6.45, 7) is 0. The third-order valence-corrected chi connectivity index (χ3v) is 11.6. The van der Waals surface area contributed by atoms with Crippen molar-refractivity contribution in [3.63, 3.8) is 0 Å². The Morgan fingerprint density at radius 3 is 1.59 bits per heavy atom. The van der Waals surface area contributed by atoms with Gasteiger partial charge >= 0.3 is 0 Å². The molecule has 11 aromatic rings. The maximum Gasteiger partial charge on any atom is 0.164 e. The molecular formula is C49H30N4S. The molecule has 54 heavy (non-hydrogen) atoms. The molecule has 0 aliphatic carbocycles. The molecular weight excluding hydrogens is 677 g/mol. The third kappa shape index (κ3) is 4.94. The van der Waals surface area contributed by atoms with Gasteiger partial charge in [0.05, 0.1) is 15.7 Å². The number of rotatable bonds is 5. The number of nitrogens with zero attached hydrogens (tertiary/aromatic N) is 4. The van der Waals surface area contributed by atoms with E-state index < -0.39 is 0 Å². The predicted octanol–water partition coefficient (Wildman–Crippen LogP) is 13.1. The average Bonchev–Trinajstić information content (AvgIpc) is 3.78. The fourth-order valence-corrected chi connectivity index (χ4v) is 9.15. The molecule has 0 saturated carbocycles. The van der Waals surface area contributed by atoms with Gasteiger partial charge in [0.2, 0.25) is 0 Å². The van der Waals surface area contributed by atoms with E-state index in [4.69, 9.17) is 15.0 Å². The summed E-state index contributed by atoms with van der Waals surface area (Å²) >= 11 is 1.85. The molecule has 3 heterocycles. The van der Waals surface area contributed by atoms with E-state index in [1.54, 1.807) is 0 Å². The highest BCUT2D eigenvalue weighted by molar-refractivity contribution is 7.24. The van der Waals surface area contributed by atoms with Crippen LogP contribution < -0.4 is 0 Å². The summed E-state index contributed by atoms with van der Waals surface area (Å²) in [6.07, 6.45) is 0. The lowest BCUT2D eigenvalue weighted by molar-refractivity contribution is 1.08. The van der Waals surface area contributed by atoms with Crippen molar-refractivity contribution in [2.75, 3.05) is 0 Å². The van der Waals surface area contributed by atoms with Gasteiger partial charge in [-0.2, -0.15) is 0 Å². The monoisotopic (exact) mass is 706 g/mol. The summed E-state index contributed by atoms with van der Waals surface area (Å²) in [7, 11) is 0. The minimum atomic E-state index is 0.642. The third-order valence-electron chi connectivity index (χ3n) is 10.5. The Morgan fingerprint density at radius 2 is 0.889 bits per heavy atom. The fourth-order valence-electron chi connectivity index (χ4n) is 7.92. The van der Waals surface area contributed by atoms with Crippen molar-refractivity contribution >= 4 is 58.8 Å². The van der Waals surface area contributed by atoms with E-state index in [2.05, 4.69) is 186 Å². The van der Waals surface area contributed by atoms with Crippen LogP contribution in [0.1, 0.15) is 0 Å². The lowest BCUT2D eigenvalue weighted by atomic mass is 9.98. The molecule has 0 unspecified atom stereocenters. The number of benzene rings is 8. The maximum absolute atomic E-state index is 5.13. The summed E-state index contributed by atoms with van der Waals surface area (Å²) in [5, 5.41) is 5.79. The van der Waals surface area contributed by atoms with Gasteiger partial charge in [0.25, 0.3) is 0 Å². The van der Waals surface area contributed by atoms with Crippen molar-refractivity contribution in [3.8, 4) is 56.4 Å². The van der Waals surface area contributed by atoms with Gasteiger partial charge in [-0.15, -0.1) is 11.3 Å². The zero-order valence-electron chi connectivity index (χ0n) is 29.0. The van der Waals surface area contributed by atoms with Crippen LogP contribution in [0.3, 0.4) is 0 Å². The van der Waals surface area contributed by atoms with Crippen molar-refractivity contribution < 1.29 is 0 Å². The first-order valence-electron chi connectivity index (χ1n) is 18.1. The molecule has 5 heteroatoms. The highest BCUT2D eigenvalue weighted by atomic mass is 32.1. The van der Waals surface area contributed by atoms with E-state index in [1.807, 2.05) is 11.3 Å². The molecule has 0 N–H and O–H groups in total. The van der Waals surface area contributed by atoms with Crippen LogP contribution in [0.5, 0.6) is 0 Å². The van der Waals surface area contributed by atoms with Gasteiger partial charge in [0.15, 0.2) is 17.5 Å². The van der Waals surface area contributed by atoms with E-state index in [0.29, 0.717) is 17.5 Å². The van der Waals surface area contributed by atoms with Crippen LogP contribution in [-0.4, -0.2) is 19.4 Å². The molecule has 3 aromatic heterocycles. The summed E-state index contributed by atoms with van der Waals surface area (Å²) in [6, 6.07) is 64.4. The van der Waals surface area contributed by atoms with Gasteiger partial charge < -0.3 is 0 Å². The number of thiazole rings is 1. The predicted molar refractivity (Wildman–Crippen MR) is 226 cm³/mol. The van der Waals surface area contributed by atoms with E-state index in [-0.39, 0.29) is 0 Å². The molecule has 0 saturated heterocycles. The second-order valence-electron chi connectivity index (χ2n) is 13.6. The molecule has 0 amide bonds. The summed E-state index contributed by atoms with van der Waals surface area (Å²) in [5.74, 6) is 1.95. The molecule has 8 aromatic carbocycles. The van der Waals surface area contributed by atoms with Crippen LogP contribution in [0.4, 0.5) is 0 Å². The SMILES string of the molecule is c1cc(-c2ccc(-c3nc(-c4cccc5ccccc45)nc(-c4cccc5ccccc45)n3)cc2)cc(-c2c3ccccc3n3c2sc2ccccc23)c1. The molecule has 0 atom stereocenters. The number of aromatic nitrogens is 4. The summed E-state index contributed by atoms with van der Waals surface area (Å²) in [5.41, 5.74) is 10.2. The normalized spacial score (nSPS) is 11.7. The van der Waals surface area contributed by atoms with Crippen LogP contribution in [0.2, 0.25) is 0 Å². The largest absolute Gasteiger partial charge is 0.299 e. The highest BCUT2D eigenvalue weighted by Gasteiger charge is 2.19. The molecule has 0 fully saturated rings. The maximum atomic E-state index is 5.13. The van der Waals surface area contributed by atoms with E-state index in [0.717, 1.165) is 49.4 Å². The molecule has 0 bridgehead atoms. The lowest BCUT2D eigenvalue weighted by Crippen LogP contribution is -2.01. The zero-order valence-corrected chi connectivity index (χ0v) is 29.8. The Labute approximate surface area is 315 Å². The molecule has 252 valence electrons. The smallest absolute Gasteiger partial charge is 0.164 e. The van der Waals surface area contributed by atoms with Crippen molar-refractivity contribution in [1.29, 1.82) is 0 Å². The number of para-hydroxylation sites is 2. The Kier molecular flexibility index (Phi) is 7.00. The fraction of sp³-hybridized carbons (Fsp3) is 0. The number of fused-ring (bicyclic) bond motifs is 7. The first-order valence-corrected chi connectivity index (χ1v) is 18.9. The molecule has 0 spiro atoms. The summed E-state index contributed by atoms with van der Waals surface area (Å²) < 4.78 is 3.71. The molecule has 4 nitrogen and oxygen atoms in total. The van der Waals surface area contributed by atoms with Gasteiger partial charge in [-0.05, 0) is 62.5 Å². The van der Waals surface area contributed by atoms with Gasteiger partial charge in [-0.1, -0.05) is 158 Å². The second-order valence-corrected chi connectivity index (χ2v) is 14.7. The molecule has 11 rings (SSSR count). The lowest BCUT2D eigenvalue weighted by Gasteiger charge is -2.12. The first kappa shape index (κ1) is 30.7. The van der Waals surface area contributed by atoms with Crippen molar-refractivity contribution in [2.45, 2.75) is 0 Å². The number of hydrogen-bond acceptors (Lipinski definition) is 4. The minimum Gasteiger partial charge on any atom is -0.299 e. The summed E-state index contributed by atoms with van der Waals surface area (Å²) in [4.78, 5) is 16.7. The molecule has 0 radical (unpaired) electrons. The van der Waals surface area contributed by atoms with Gasteiger partial charge in [-0.3, -0.25) is 4.40 Å². The quantitative estimate of drug-likeness (QED) is 0.179. The Balaban J connectivity index is 1.03. The van der Waals surface area contributed by atoms with Crippen molar-refractivity contribution in [2.24, 2.45) is 0 Å². The van der Waals surface area contributed by atoms with Gasteiger partial charge in [0.1, 0.15) is 4.83 Å². The Bertz CT molecular complexity index is 3120. The van der Waals surface area contributed by atoms with Crippen molar-refractivity contribution in [1.82, 2.24) is 19.4 Å². The van der Waals surface area contributed by atoms with Crippen LogP contribution in [0.15, 0.2) is 182 Å². The van der Waals surface area contributed by atoms with Crippen molar-refractivity contribution in [3.05, 3.63) is 182 Å². The molecule has 0 aliphatic rings. The first-order chi connectivity index (χ1) is 26.8. The van der Waals surface area contributed by atoms with Crippen LogP contribution in [0, 0.1) is 0 Å². The van der Waals surface area contributed by atoms with Crippen LogP contribution >= 0.6 is 11.3 Å². The Hall–Kier alpha value is -6.95. The second kappa shape index (κ2) is 12.3. The average molecular weight is 707 g/mol. The van der Waals surface area contributed by atoms with Crippen LogP contribution in [-0.2, 0) is 0 Å². The highest BCUT2D eigenvalue weighted by Crippen LogP contribution is 2.43. The van der Waals surface area contributed by atoms with Crippen LogP contribution in [0.25, 0.3) is 104 Å². The van der Waals surface area contributed by atoms with E-state index in [9.17, 15) is 0 Å². The van der Waals surface area contributed by atoms with Gasteiger partial charge in [-0.25, -0.2) is 15.0 Å². The number of hydrogen-bond donors (Lipinski definition) is 0. The zero-order chi connectivity index (χ0) is 35.6.